The van der Waals surface area contributed by atoms with E-state index in [1.807, 2.05) is 21.1 Å². The number of nitrogens with one attached hydrogen (secondary N) is 3. The Morgan fingerprint density at radius 3 is 1.44 bits per heavy atom. The van der Waals surface area contributed by atoms with Crippen LogP contribution in [-0.2, 0) is 0 Å². The summed E-state index contributed by atoms with van der Waals surface area (Å²) in [7, 11) is 5.53. The zero-order valence-corrected chi connectivity index (χ0v) is 6.84. The Bertz CT molecular complexity index is 55.1. The van der Waals surface area contributed by atoms with Gasteiger partial charge in [0.1, 0.15) is 5.79 Å². The van der Waals surface area contributed by atoms with Crippen LogP contribution in [0.15, 0.2) is 0 Å². The number of rotatable bonds is 4. The SMILES string of the molecule is CNC(CCl)(NC)NC. The standard InChI is InChI=1S/C5H14ClN3/c1-7-5(4-6,8-2)9-3/h7-9H,4H2,1-3H3. The first-order valence-electron chi connectivity index (χ1n) is 2.87. The molecule has 0 aliphatic rings. The van der Waals surface area contributed by atoms with Crippen molar-refractivity contribution < 1.29 is 0 Å². The summed E-state index contributed by atoms with van der Waals surface area (Å²) in [6, 6.07) is 0. The fraction of sp³-hybridized carbons (Fsp3) is 1.00. The van der Waals surface area contributed by atoms with Crippen LogP contribution in [0.3, 0.4) is 0 Å². The van der Waals surface area contributed by atoms with Crippen molar-refractivity contribution in [3.63, 3.8) is 0 Å². The van der Waals surface area contributed by atoms with Gasteiger partial charge in [-0.1, -0.05) is 0 Å². The van der Waals surface area contributed by atoms with Gasteiger partial charge in [0.15, 0.2) is 0 Å². The molecular formula is C5H14ClN3. The minimum Gasteiger partial charge on any atom is -0.289 e. The minimum atomic E-state index is -0.318. The Kier molecular flexibility index (Phi) is 4.14. The first kappa shape index (κ1) is 9.17. The fourth-order valence-corrected chi connectivity index (χ4v) is 0.976. The molecule has 0 saturated heterocycles. The molecule has 4 heteroatoms. The van der Waals surface area contributed by atoms with Crippen molar-refractivity contribution in [2.45, 2.75) is 5.79 Å². The lowest BCUT2D eigenvalue weighted by Crippen LogP contribution is -2.64. The van der Waals surface area contributed by atoms with Crippen LogP contribution in [0.25, 0.3) is 0 Å². The van der Waals surface area contributed by atoms with E-state index in [1.165, 1.54) is 0 Å². The number of hydrogen-bond acceptors (Lipinski definition) is 3. The average Bonchev–Trinajstić information content (AvgIpc) is 1.95. The van der Waals surface area contributed by atoms with Crippen LogP contribution in [0, 0.1) is 0 Å². The highest BCUT2D eigenvalue weighted by Gasteiger charge is 2.20. The topological polar surface area (TPSA) is 36.1 Å². The summed E-state index contributed by atoms with van der Waals surface area (Å²) in [5.74, 6) is 0.165. The van der Waals surface area contributed by atoms with E-state index in [-0.39, 0.29) is 5.79 Å². The Morgan fingerprint density at radius 2 is 1.44 bits per heavy atom. The third-order valence-corrected chi connectivity index (χ3v) is 1.88. The van der Waals surface area contributed by atoms with E-state index in [0.29, 0.717) is 5.88 Å². The highest BCUT2D eigenvalue weighted by Crippen LogP contribution is 1.93. The molecule has 0 radical (unpaired) electrons. The highest BCUT2D eigenvalue weighted by atomic mass is 35.5. The first-order chi connectivity index (χ1) is 4.24. The van der Waals surface area contributed by atoms with E-state index in [2.05, 4.69) is 16.0 Å². The maximum atomic E-state index is 5.64. The number of alkyl halides is 1. The summed E-state index contributed by atoms with van der Waals surface area (Å²) in [6.45, 7) is 0. The number of hydrogen-bond donors (Lipinski definition) is 3. The molecule has 0 aromatic heterocycles. The Balaban J connectivity index is 3.82. The molecule has 3 nitrogen and oxygen atoms in total. The van der Waals surface area contributed by atoms with Gasteiger partial charge in [-0.3, -0.25) is 16.0 Å². The Morgan fingerprint density at radius 1 is 1.11 bits per heavy atom. The molecule has 0 aromatic carbocycles. The third-order valence-electron chi connectivity index (χ3n) is 1.48. The first-order valence-corrected chi connectivity index (χ1v) is 3.41. The molecule has 0 aliphatic heterocycles. The fourth-order valence-electron chi connectivity index (χ4n) is 0.575. The predicted octanol–water partition coefficient (Wildman–Crippen LogP) is -0.463. The van der Waals surface area contributed by atoms with Crippen molar-refractivity contribution in [1.82, 2.24) is 16.0 Å². The second-order valence-corrected chi connectivity index (χ2v) is 2.06. The lowest BCUT2D eigenvalue weighted by Gasteiger charge is -2.30. The van der Waals surface area contributed by atoms with Gasteiger partial charge in [-0.15, -0.1) is 11.6 Å². The quantitative estimate of drug-likeness (QED) is 0.376. The highest BCUT2D eigenvalue weighted by molar-refractivity contribution is 6.18. The molecule has 0 saturated carbocycles. The monoisotopic (exact) mass is 151 g/mol. The molecule has 56 valence electrons. The molecule has 0 aliphatic carbocycles. The van der Waals surface area contributed by atoms with E-state index in [0.717, 1.165) is 0 Å². The zero-order valence-electron chi connectivity index (χ0n) is 6.09. The van der Waals surface area contributed by atoms with Crippen LogP contribution < -0.4 is 16.0 Å². The molecule has 0 aromatic rings. The summed E-state index contributed by atoms with van der Waals surface area (Å²) in [5, 5.41) is 9.03. The Labute approximate surface area is 61.2 Å². The van der Waals surface area contributed by atoms with Crippen LogP contribution in [0.1, 0.15) is 0 Å². The van der Waals surface area contributed by atoms with Crippen molar-refractivity contribution >= 4 is 11.6 Å². The molecule has 9 heavy (non-hydrogen) atoms. The van der Waals surface area contributed by atoms with Gasteiger partial charge in [-0.05, 0) is 21.1 Å². The van der Waals surface area contributed by atoms with Crippen LogP contribution in [0.4, 0.5) is 0 Å². The lowest BCUT2D eigenvalue weighted by molar-refractivity contribution is 0.281. The molecule has 0 unspecified atom stereocenters. The van der Waals surface area contributed by atoms with Crippen molar-refractivity contribution in [1.29, 1.82) is 0 Å². The molecule has 3 N–H and O–H groups in total. The van der Waals surface area contributed by atoms with Crippen LogP contribution in [0.5, 0.6) is 0 Å². The molecular weight excluding hydrogens is 138 g/mol. The van der Waals surface area contributed by atoms with Crippen molar-refractivity contribution in [2.75, 3.05) is 27.0 Å². The van der Waals surface area contributed by atoms with Gasteiger partial charge in [0, 0.05) is 0 Å². The van der Waals surface area contributed by atoms with Gasteiger partial charge in [-0.25, -0.2) is 0 Å². The van der Waals surface area contributed by atoms with Crippen LogP contribution in [0.2, 0.25) is 0 Å². The van der Waals surface area contributed by atoms with Crippen molar-refractivity contribution in [3.05, 3.63) is 0 Å². The second-order valence-electron chi connectivity index (χ2n) is 1.79. The van der Waals surface area contributed by atoms with E-state index < -0.39 is 0 Å². The van der Waals surface area contributed by atoms with Crippen LogP contribution in [-0.4, -0.2) is 32.8 Å². The van der Waals surface area contributed by atoms with Gasteiger partial charge in [0.25, 0.3) is 0 Å². The largest absolute Gasteiger partial charge is 0.289 e. The van der Waals surface area contributed by atoms with E-state index in [1.54, 1.807) is 0 Å². The molecule has 0 bridgehead atoms. The molecule has 0 spiro atoms. The summed E-state index contributed by atoms with van der Waals surface area (Å²) in [5.41, 5.74) is 0. The normalized spacial score (nSPS) is 12.0. The smallest absolute Gasteiger partial charge is 0.136 e. The molecule has 0 rings (SSSR count). The molecule has 0 atom stereocenters. The van der Waals surface area contributed by atoms with Gasteiger partial charge in [0.2, 0.25) is 0 Å². The van der Waals surface area contributed by atoms with Gasteiger partial charge >= 0.3 is 0 Å². The third kappa shape index (κ3) is 2.10. The second kappa shape index (κ2) is 4.06. The van der Waals surface area contributed by atoms with Crippen molar-refractivity contribution in [3.8, 4) is 0 Å². The van der Waals surface area contributed by atoms with Crippen molar-refractivity contribution in [2.24, 2.45) is 0 Å². The van der Waals surface area contributed by atoms with E-state index in [9.17, 15) is 0 Å². The van der Waals surface area contributed by atoms with Gasteiger partial charge in [0.05, 0.1) is 5.88 Å². The molecule has 0 amide bonds. The van der Waals surface area contributed by atoms with Gasteiger partial charge in [-0.2, -0.15) is 0 Å². The maximum Gasteiger partial charge on any atom is 0.136 e. The van der Waals surface area contributed by atoms with E-state index >= 15 is 0 Å². The summed E-state index contributed by atoms with van der Waals surface area (Å²) >= 11 is 5.64. The number of halogens is 1. The lowest BCUT2D eigenvalue weighted by atomic mass is 10.4. The maximum absolute atomic E-state index is 5.64. The predicted molar refractivity (Wildman–Crippen MR) is 40.6 cm³/mol. The summed E-state index contributed by atoms with van der Waals surface area (Å²) in [6.07, 6.45) is 0. The summed E-state index contributed by atoms with van der Waals surface area (Å²) in [4.78, 5) is 0. The summed E-state index contributed by atoms with van der Waals surface area (Å²) < 4.78 is 0. The average molecular weight is 152 g/mol. The minimum absolute atomic E-state index is 0.318. The van der Waals surface area contributed by atoms with Crippen LogP contribution >= 0.6 is 11.6 Å². The van der Waals surface area contributed by atoms with E-state index in [4.69, 9.17) is 11.6 Å². The zero-order chi connectivity index (χ0) is 7.33. The Hall–Kier alpha value is 0.170. The molecule has 0 heterocycles. The molecule has 0 fully saturated rings. The van der Waals surface area contributed by atoms with Gasteiger partial charge < -0.3 is 0 Å².